The lowest BCUT2D eigenvalue weighted by molar-refractivity contribution is -0.153. The number of amides is 1. The van der Waals surface area contributed by atoms with Crippen molar-refractivity contribution in [2.45, 2.75) is 37.7 Å². The number of carbonyl (C=O) groups excluding carboxylic acids is 3. The zero-order valence-corrected chi connectivity index (χ0v) is 15.4. The standard InChI is InChI=1S/C16H22N2O6S/c1-11(19)8-9-15(20)24-12(2)16(21)17-13-6-5-7-14(10-13)25(22,23)18(3)4/h5-7,10,12H,8-9H2,1-4H3,(H,17,21)/t12-/m1/s1. The summed E-state index contributed by atoms with van der Waals surface area (Å²) < 4.78 is 30.2. The molecule has 0 saturated heterocycles. The van der Waals surface area contributed by atoms with Crippen LogP contribution in [0.5, 0.6) is 0 Å². The molecule has 0 aliphatic carbocycles. The Kier molecular flexibility index (Phi) is 7.25. The molecule has 0 spiro atoms. The summed E-state index contributed by atoms with van der Waals surface area (Å²) in [6.45, 7) is 2.75. The van der Waals surface area contributed by atoms with E-state index in [-0.39, 0.29) is 29.2 Å². The van der Waals surface area contributed by atoms with E-state index in [0.29, 0.717) is 0 Å². The third-order valence-electron chi connectivity index (χ3n) is 3.24. The molecule has 0 radical (unpaired) electrons. The minimum absolute atomic E-state index is 0.0291. The van der Waals surface area contributed by atoms with Crippen LogP contribution in [0.2, 0.25) is 0 Å². The molecular formula is C16H22N2O6S. The highest BCUT2D eigenvalue weighted by molar-refractivity contribution is 7.89. The van der Waals surface area contributed by atoms with Crippen molar-refractivity contribution < 1.29 is 27.5 Å². The molecule has 9 heteroatoms. The molecule has 0 heterocycles. The summed E-state index contributed by atoms with van der Waals surface area (Å²) in [6, 6.07) is 5.75. The van der Waals surface area contributed by atoms with Crippen LogP contribution < -0.4 is 5.32 Å². The molecule has 0 unspecified atom stereocenters. The number of ether oxygens (including phenoxy) is 1. The van der Waals surface area contributed by atoms with Crippen molar-refractivity contribution >= 4 is 33.4 Å². The minimum Gasteiger partial charge on any atom is -0.453 e. The van der Waals surface area contributed by atoms with Crippen molar-refractivity contribution in [3.8, 4) is 0 Å². The molecule has 0 saturated carbocycles. The first kappa shape index (κ1) is 20.8. The Morgan fingerprint density at radius 1 is 1.20 bits per heavy atom. The largest absolute Gasteiger partial charge is 0.453 e. The fraction of sp³-hybridized carbons (Fsp3) is 0.438. The van der Waals surface area contributed by atoms with Gasteiger partial charge in [-0.3, -0.25) is 9.59 Å². The van der Waals surface area contributed by atoms with E-state index in [0.717, 1.165) is 4.31 Å². The van der Waals surface area contributed by atoms with Gasteiger partial charge in [-0.1, -0.05) is 6.07 Å². The van der Waals surface area contributed by atoms with Crippen molar-refractivity contribution in [2.24, 2.45) is 0 Å². The maximum atomic E-state index is 12.1. The topological polar surface area (TPSA) is 110 Å². The second-order valence-corrected chi connectivity index (χ2v) is 7.79. The van der Waals surface area contributed by atoms with Crippen LogP contribution in [0.1, 0.15) is 26.7 Å². The smallest absolute Gasteiger partial charge is 0.307 e. The summed E-state index contributed by atoms with van der Waals surface area (Å²) in [7, 11) is -0.813. The van der Waals surface area contributed by atoms with E-state index < -0.39 is 28.0 Å². The number of carbonyl (C=O) groups is 3. The van der Waals surface area contributed by atoms with Crippen LogP contribution in [0.3, 0.4) is 0 Å². The van der Waals surface area contributed by atoms with Gasteiger partial charge >= 0.3 is 5.97 Å². The van der Waals surface area contributed by atoms with Crippen LogP contribution in [-0.4, -0.2) is 50.6 Å². The Bertz CT molecular complexity index is 758. The number of hydrogen-bond acceptors (Lipinski definition) is 6. The van der Waals surface area contributed by atoms with Crippen LogP contribution in [0, 0.1) is 0 Å². The molecule has 8 nitrogen and oxygen atoms in total. The molecule has 1 atom stereocenters. The molecule has 0 aliphatic rings. The molecule has 25 heavy (non-hydrogen) atoms. The lowest BCUT2D eigenvalue weighted by Gasteiger charge is -2.15. The highest BCUT2D eigenvalue weighted by Crippen LogP contribution is 2.18. The summed E-state index contributed by atoms with van der Waals surface area (Å²) in [6.07, 6.45) is -1.12. The van der Waals surface area contributed by atoms with Crippen LogP contribution in [-0.2, 0) is 29.1 Å². The van der Waals surface area contributed by atoms with Gasteiger partial charge in [0.1, 0.15) is 5.78 Å². The van der Waals surface area contributed by atoms with Gasteiger partial charge in [-0.2, -0.15) is 0 Å². The Morgan fingerprint density at radius 2 is 1.84 bits per heavy atom. The summed E-state index contributed by atoms with van der Waals surface area (Å²) in [5.41, 5.74) is 0.263. The number of Topliss-reactive ketones (excluding diaryl/α,β-unsaturated/α-hetero) is 1. The predicted octanol–water partition coefficient (Wildman–Crippen LogP) is 1.18. The van der Waals surface area contributed by atoms with Gasteiger partial charge < -0.3 is 14.8 Å². The highest BCUT2D eigenvalue weighted by atomic mass is 32.2. The lowest BCUT2D eigenvalue weighted by Crippen LogP contribution is -2.30. The van der Waals surface area contributed by atoms with Crippen LogP contribution >= 0.6 is 0 Å². The van der Waals surface area contributed by atoms with Crippen LogP contribution in [0.25, 0.3) is 0 Å². The van der Waals surface area contributed by atoms with Crippen LogP contribution in [0.15, 0.2) is 29.2 Å². The number of sulfonamides is 1. The molecule has 1 rings (SSSR count). The number of benzene rings is 1. The van der Waals surface area contributed by atoms with Gasteiger partial charge in [0.05, 0.1) is 11.3 Å². The zero-order valence-electron chi connectivity index (χ0n) is 14.6. The van der Waals surface area contributed by atoms with Gasteiger partial charge in [0.15, 0.2) is 6.10 Å². The highest BCUT2D eigenvalue weighted by Gasteiger charge is 2.20. The van der Waals surface area contributed by atoms with Gasteiger partial charge in [0.25, 0.3) is 5.91 Å². The number of rotatable bonds is 8. The van der Waals surface area contributed by atoms with Crippen molar-refractivity contribution in [2.75, 3.05) is 19.4 Å². The van der Waals surface area contributed by atoms with Gasteiger partial charge in [0.2, 0.25) is 10.0 Å². The minimum atomic E-state index is -3.63. The summed E-state index contributed by atoms with van der Waals surface area (Å²) in [5, 5.41) is 2.50. The maximum Gasteiger partial charge on any atom is 0.307 e. The summed E-state index contributed by atoms with van der Waals surface area (Å²) >= 11 is 0. The van der Waals surface area contributed by atoms with Gasteiger partial charge in [-0.25, -0.2) is 12.7 Å². The van der Waals surface area contributed by atoms with E-state index in [9.17, 15) is 22.8 Å². The third kappa shape index (κ3) is 6.28. The Morgan fingerprint density at radius 3 is 2.40 bits per heavy atom. The predicted molar refractivity (Wildman–Crippen MR) is 91.4 cm³/mol. The maximum absolute atomic E-state index is 12.1. The van der Waals surface area contributed by atoms with E-state index in [1.807, 2.05) is 0 Å². The van der Waals surface area contributed by atoms with Gasteiger partial charge in [0, 0.05) is 26.2 Å². The SMILES string of the molecule is CC(=O)CCC(=O)O[C@H](C)C(=O)Nc1cccc(S(=O)(=O)N(C)C)c1. The van der Waals surface area contributed by atoms with Crippen molar-refractivity contribution in [1.29, 1.82) is 0 Å². The van der Waals surface area contributed by atoms with E-state index in [1.54, 1.807) is 0 Å². The summed E-state index contributed by atoms with van der Waals surface area (Å²) in [4.78, 5) is 34.5. The van der Waals surface area contributed by atoms with E-state index in [1.165, 1.54) is 52.2 Å². The van der Waals surface area contributed by atoms with Crippen molar-refractivity contribution in [1.82, 2.24) is 4.31 Å². The average molecular weight is 370 g/mol. The average Bonchev–Trinajstić information content (AvgIpc) is 2.52. The molecule has 1 N–H and O–H groups in total. The van der Waals surface area contributed by atoms with Crippen LogP contribution in [0.4, 0.5) is 5.69 Å². The van der Waals surface area contributed by atoms with E-state index >= 15 is 0 Å². The first-order chi connectivity index (χ1) is 11.5. The fourth-order valence-electron chi connectivity index (χ4n) is 1.78. The fourth-order valence-corrected chi connectivity index (χ4v) is 2.72. The molecule has 1 aromatic rings. The van der Waals surface area contributed by atoms with Crippen molar-refractivity contribution in [3.63, 3.8) is 0 Å². The first-order valence-electron chi connectivity index (χ1n) is 7.56. The van der Waals surface area contributed by atoms with Crippen molar-refractivity contribution in [3.05, 3.63) is 24.3 Å². The Labute approximate surface area is 147 Å². The molecule has 0 bridgehead atoms. The zero-order chi connectivity index (χ0) is 19.2. The number of hydrogen-bond donors (Lipinski definition) is 1. The number of nitrogens with zero attached hydrogens (tertiary/aromatic N) is 1. The molecule has 1 aromatic carbocycles. The number of nitrogens with one attached hydrogen (secondary N) is 1. The quantitative estimate of drug-likeness (QED) is 0.688. The number of esters is 1. The monoisotopic (exact) mass is 370 g/mol. The Hall–Kier alpha value is -2.26. The molecule has 0 fully saturated rings. The third-order valence-corrected chi connectivity index (χ3v) is 5.05. The molecule has 1 amide bonds. The molecule has 138 valence electrons. The second-order valence-electron chi connectivity index (χ2n) is 5.64. The molecule has 0 aliphatic heterocycles. The Balaban J connectivity index is 2.74. The van der Waals surface area contributed by atoms with Gasteiger partial charge in [-0.05, 0) is 32.0 Å². The first-order valence-corrected chi connectivity index (χ1v) is 9.00. The van der Waals surface area contributed by atoms with E-state index in [4.69, 9.17) is 4.74 Å². The molecule has 0 aromatic heterocycles. The lowest BCUT2D eigenvalue weighted by atomic mass is 10.2. The normalized spacial score (nSPS) is 12.5. The number of anilines is 1. The number of ketones is 1. The second kappa shape index (κ2) is 8.72. The summed E-state index contributed by atoms with van der Waals surface area (Å²) in [5.74, 6) is -1.40. The van der Waals surface area contributed by atoms with E-state index in [2.05, 4.69) is 5.32 Å². The van der Waals surface area contributed by atoms with Gasteiger partial charge in [-0.15, -0.1) is 0 Å². The molecular weight excluding hydrogens is 348 g/mol.